The Balaban J connectivity index is 3.26. The van der Waals surface area contributed by atoms with E-state index < -0.39 is 17.8 Å². The van der Waals surface area contributed by atoms with Gasteiger partial charge in [0.15, 0.2) is 0 Å². The second-order valence-electron chi connectivity index (χ2n) is 3.50. The van der Waals surface area contributed by atoms with Gasteiger partial charge in [-0.1, -0.05) is 12.1 Å². The van der Waals surface area contributed by atoms with Crippen molar-refractivity contribution in [3.8, 4) is 0 Å². The number of halogens is 3. The van der Waals surface area contributed by atoms with E-state index in [0.717, 1.165) is 0 Å². The molecule has 0 saturated carbocycles. The zero-order valence-electron chi connectivity index (χ0n) is 8.02. The minimum Gasteiger partial charge on any atom is -0.317 e. The summed E-state index contributed by atoms with van der Waals surface area (Å²) in [7, 11) is 0. The van der Waals surface area contributed by atoms with E-state index in [9.17, 15) is 13.2 Å². The molecule has 0 radical (unpaired) electrons. The number of alkyl halides is 2. The summed E-state index contributed by atoms with van der Waals surface area (Å²) in [4.78, 5) is 0. The first-order valence-corrected chi connectivity index (χ1v) is 4.20. The molecule has 0 heterocycles. The monoisotopic (exact) mass is 203 g/mol. The van der Waals surface area contributed by atoms with Crippen molar-refractivity contribution < 1.29 is 13.2 Å². The first kappa shape index (κ1) is 11.0. The van der Waals surface area contributed by atoms with Crippen LogP contribution in [-0.4, -0.2) is 6.43 Å². The number of benzene rings is 1. The number of nitrogens with two attached hydrogens (primary N) is 1. The molecule has 1 aromatic rings. The van der Waals surface area contributed by atoms with Crippen LogP contribution in [0.15, 0.2) is 18.2 Å². The molecule has 4 heteroatoms. The first-order valence-electron chi connectivity index (χ1n) is 4.20. The molecule has 78 valence electrons. The minimum absolute atomic E-state index is 0.146. The van der Waals surface area contributed by atoms with E-state index in [0.29, 0.717) is 0 Å². The van der Waals surface area contributed by atoms with Crippen molar-refractivity contribution in [2.75, 3.05) is 0 Å². The van der Waals surface area contributed by atoms with Crippen molar-refractivity contribution in [2.24, 2.45) is 5.73 Å². The van der Waals surface area contributed by atoms with E-state index >= 15 is 0 Å². The van der Waals surface area contributed by atoms with Crippen LogP contribution in [0.3, 0.4) is 0 Å². The highest BCUT2D eigenvalue weighted by Crippen LogP contribution is 2.28. The Morgan fingerprint density at radius 1 is 1.36 bits per heavy atom. The molecule has 0 saturated heterocycles. The third-order valence-corrected chi connectivity index (χ3v) is 2.30. The number of rotatable bonds is 2. The lowest BCUT2D eigenvalue weighted by Crippen LogP contribution is -2.41. The average molecular weight is 203 g/mol. The molecule has 1 nitrogen and oxygen atoms in total. The van der Waals surface area contributed by atoms with Gasteiger partial charge in [0.05, 0.1) is 0 Å². The van der Waals surface area contributed by atoms with Crippen molar-refractivity contribution in [1.82, 2.24) is 0 Å². The Bertz CT molecular complexity index is 334. The molecule has 1 rings (SSSR count). The standard InChI is InChI=1S/C10H12F3N/c1-6-7(4-3-5-8(6)11)10(2,14)9(12)13/h3-5,9H,14H2,1-2H3. The summed E-state index contributed by atoms with van der Waals surface area (Å²) in [6.07, 6.45) is -2.72. The fourth-order valence-corrected chi connectivity index (χ4v) is 1.31. The molecule has 1 unspecified atom stereocenters. The molecule has 0 aliphatic rings. The fraction of sp³-hybridized carbons (Fsp3) is 0.400. The summed E-state index contributed by atoms with van der Waals surface area (Å²) in [5.74, 6) is -0.514. The van der Waals surface area contributed by atoms with E-state index in [1.54, 1.807) is 0 Å². The Labute approximate surface area is 80.7 Å². The summed E-state index contributed by atoms with van der Waals surface area (Å²) in [6.45, 7) is 2.64. The van der Waals surface area contributed by atoms with Gasteiger partial charge in [0, 0.05) is 0 Å². The van der Waals surface area contributed by atoms with Crippen molar-refractivity contribution >= 4 is 0 Å². The summed E-state index contributed by atoms with van der Waals surface area (Å²) in [5, 5.41) is 0. The van der Waals surface area contributed by atoms with Gasteiger partial charge in [0.2, 0.25) is 0 Å². The molecule has 1 atom stereocenters. The molecular formula is C10H12F3N. The van der Waals surface area contributed by atoms with Crippen LogP contribution in [-0.2, 0) is 5.54 Å². The number of hydrogen-bond acceptors (Lipinski definition) is 1. The molecule has 0 aliphatic heterocycles. The van der Waals surface area contributed by atoms with Gasteiger partial charge in [-0.3, -0.25) is 0 Å². The second-order valence-corrected chi connectivity index (χ2v) is 3.50. The summed E-state index contributed by atoms with van der Waals surface area (Å²) < 4.78 is 38.2. The zero-order chi connectivity index (χ0) is 10.9. The van der Waals surface area contributed by atoms with Crippen LogP contribution in [0.4, 0.5) is 13.2 Å². The maximum Gasteiger partial charge on any atom is 0.260 e. The van der Waals surface area contributed by atoms with Gasteiger partial charge in [0.25, 0.3) is 6.43 Å². The van der Waals surface area contributed by atoms with Crippen molar-refractivity contribution in [1.29, 1.82) is 0 Å². The Morgan fingerprint density at radius 3 is 2.43 bits per heavy atom. The maximum atomic E-state index is 13.1. The predicted octanol–water partition coefficient (Wildman–Crippen LogP) is 2.57. The lowest BCUT2D eigenvalue weighted by Gasteiger charge is -2.25. The maximum absolute atomic E-state index is 13.1. The van der Waals surface area contributed by atoms with Gasteiger partial charge in [-0.2, -0.15) is 0 Å². The third-order valence-electron chi connectivity index (χ3n) is 2.30. The normalized spacial score (nSPS) is 15.6. The molecule has 0 fully saturated rings. The van der Waals surface area contributed by atoms with E-state index in [4.69, 9.17) is 5.73 Å². The molecule has 1 aromatic carbocycles. The van der Waals surface area contributed by atoms with Gasteiger partial charge in [-0.15, -0.1) is 0 Å². The number of hydrogen-bond donors (Lipinski definition) is 1. The van der Waals surface area contributed by atoms with E-state index in [1.165, 1.54) is 32.0 Å². The quantitative estimate of drug-likeness (QED) is 0.785. The second kappa shape index (κ2) is 3.61. The summed E-state index contributed by atoms with van der Waals surface area (Å²) in [5.41, 5.74) is 3.96. The third kappa shape index (κ3) is 1.75. The largest absolute Gasteiger partial charge is 0.317 e. The molecule has 0 aromatic heterocycles. The van der Waals surface area contributed by atoms with Crippen molar-refractivity contribution in [2.45, 2.75) is 25.8 Å². The molecule has 0 amide bonds. The lowest BCUT2D eigenvalue weighted by molar-refractivity contribution is 0.0620. The van der Waals surface area contributed by atoms with Crippen LogP contribution < -0.4 is 5.73 Å². The summed E-state index contributed by atoms with van der Waals surface area (Å²) in [6, 6.07) is 4.02. The van der Waals surface area contributed by atoms with Crippen LogP contribution in [0.25, 0.3) is 0 Å². The SMILES string of the molecule is Cc1c(F)cccc1C(C)(N)C(F)F. The predicted molar refractivity (Wildman–Crippen MR) is 48.7 cm³/mol. The van der Waals surface area contributed by atoms with Crippen LogP contribution in [0.5, 0.6) is 0 Å². The highest BCUT2D eigenvalue weighted by molar-refractivity contribution is 5.33. The molecule has 0 spiro atoms. The topological polar surface area (TPSA) is 26.0 Å². The van der Waals surface area contributed by atoms with Gasteiger partial charge in [0.1, 0.15) is 11.4 Å². The van der Waals surface area contributed by atoms with Crippen LogP contribution in [0.1, 0.15) is 18.1 Å². The first-order chi connectivity index (χ1) is 6.37. The van der Waals surface area contributed by atoms with Gasteiger partial charge in [-0.25, -0.2) is 13.2 Å². The van der Waals surface area contributed by atoms with E-state index in [2.05, 4.69) is 0 Å². The highest BCUT2D eigenvalue weighted by Gasteiger charge is 2.34. The molecule has 2 N–H and O–H groups in total. The zero-order valence-corrected chi connectivity index (χ0v) is 8.02. The highest BCUT2D eigenvalue weighted by atomic mass is 19.3. The minimum atomic E-state index is -2.72. The molecular weight excluding hydrogens is 191 g/mol. The Morgan fingerprint density at radius 2 is 1.93 bits per heavy atom. The van der Waals surface area contributed by atoms with E-state index in [-0.39, 0.29) is 11.1 Å². The molecule has 14 heavy (non-hydrogen) atoms. The molecule has 0 bridgehead atoms. The van der Waals surface area contributed by atoms with Crippen LogP contribution in [0.2, 0.25) is 0 Å². The summed E-state index contributed by atoms with van der Waals surface area (Å²) >= 11 is 0. The van der Waals surface area contributed by atoms with Crippen LogP contribution in [0, 0.1) is 12.7 Å². The lowest BCUT2D eigenvalue weighted by atomic mass is 9.90. The van der Waals surface area contributed by atoms with Crippen molar-refractivity contribution in [3.63, 3.8) is 0 Å². The fourth-order valence-electron chi connectivity index (χ4n) is 1.31. The van der Waals surface area contributed by atoms with Gasteiger partial charge in [-0.05, 0) is 31.0 Å². The Kier molecular flexibility index (Phi) is 2.85. The Hall–Kier alpha value is -1.03. The smallest absolute Gasteiger partial charge is 0.260 e. The van der Waals surface area contributed by atoms with Crippen molar-refractivity contribution in [3.05, 3.63) is 35.1 Å². The van der Waals surface area contributed by atoms with Crippen LogP contribution >= 0.6 is 0 Å². The average Bonchev–Trinajstić information content (AvgIpc) is 2.09. The van der Waals surface area contributed by atoms with Gasteiger partial charge < -0.3 is 5.73 Å². The van der Waals surface area contributed by atoms with Gasteiger partial charge >= 0.3 is 0 Å². The molecule has 0 aliphatic carbocycles. The van der Waals surface area contributed by atoms with E-state index in [1.807, 2.05) is 0 Å².